The molecular weight excluding hydrogens is 533 g/mol. The van der Waals surface area contributed by atoms with Gasteiger partial charge < -0.3 is 19.6 Å². The highest BCUT2D eigenvalue weighted by atomic mass is 19.1. The monoisotopic (exact) mass is 565 g/mol. The van der Waals surface area contributed by atoms with Gasteiger partial charge in [0.2, 0.25) is 0 Å². The number of aliphatic carboxylic acids is 1. The number of nitrogens with zero attached hydrogens (tertiary/aromatic N) is 7. The molecule has 12 nitrogen and oxygen atoms in total. The van der Waals surface area contributed by atoms with Crippen LogP contribution in [0.4, 0.5) is 14.9 Å². The van der Waals surface area contributed by atoms with Gasteiger partial charge in [-0.25, -0.2) is 13.9 Å². The molecule has 5 rings (SSSR count). The molecule has 2 aromatic heterocycles. The van der Waals surface area contributed by atoms with Crippen molar-refractivity contribution in [2.75, 3.05) is 25.5 Å². The number of carbonyl (C=O) groups excluding carboxylic acids is 1. The molecule has 2 aliphatic rings. The van der Waals surface area contributed by atoms with Crippen LogP contribution >= 0.6 is 0 Å². The number of carboxylic acids is 1. The molecule has 4 heterocycles. The number of hydrogen-bond acceptors (Lipinski definition) is 9. The van der Waals surface area contributed by atoms with Gasteiger partial charge in [-0.15, -0.1) is 5.10 Å². The van der Waals surface area contributed by atoms with Gasteiger partial charge in [0.05, 0.1) is 36.6 Å². The van der Waals surface area contributed by atoms with E-state index in [9.17, 15) is 14.7 Å². The van der Waals surface area contributed by atoms with Gasteiger partial charge in [0, 0.05) is 42.4 Å². The molecule has 0 bridgehead atoms. The number of carbonyl (C=O) groups is 2. The van der Waals surface area contributed by atoms with Gasteiger partial charge in [-0.3, -0.25) is 14.7 Å². The van der Waals surface area contributed by atoms with Crippen LogP contribution in [0.3, 0.4) is 0 Å². The number of anilines is 1. The second-order valence-electron chi connectivity index (χ2n) is 10.6. The van der Waals surface area contributed by atoms with E-state index < -0.39 is 29.9 Å². The number of pyridine rings is 1. The maximum Gasteiger partial charge on any atom is 0.414 e. The molecule has 1 saturated heterocycles. The first kappa shape index (κ1) is 28.1. The lowest BCUT2D eigenvalue weighted by Crippen LogP contribution is -2.31. The second kappa shape index (κ2) is 12.0. The molecule has 4 atom stereocenters. The smallest absolute Gasteiger partial charge is 0.414 e. The first-order valence-corrected chi connectivity index (χ1v) is 13.4. The van der Waals surface area contributed by atoms with Crippen molar-refractivity contribution in [3.63, 3.8) is 0 Å². The van der Waals surface area contributed by atoms with E-state index in [1.807, 2.05) is 25.9 Å². The van der Waals surface area contributed by atoms with Crippen molar-refractivity contribution < 1.29 is 28.7 Å². The zero-order valence-corrected chi connectivity index (χ0v) is 23.1. The van der Waals surface area contributed by atoms with Crippen LogP contribution in [-0.2, 0) is 20.9 Å². The lowest BCUT2D eigenvalue weighted by atomic mass is 9.92. The van der Waals surface area contributed by atoms with Crippen molar-refractivity contribution in [1.82, 2.24) is 24.9 Å². The minimum absolute atomic E-state index is 0.119. The van der Waals surface area contributed by atoms with E-state index in [4.69, 9.17) is 9.57 Å². The highest BCUT2D eigenvalue weighted by Crippen LogP contribution is 2.30. The topological polar surface area (TPSA) is 135 Å². The Bertz CT molecular complexity index is 1410. The summed E-state index contributed by atoms with van der Waals surface area (Å²) in [6, 6.07) is 8.18. The van der Waals surface area contributed by atoms with E-state index in [2.05, 4.69) is 20.5 Å². The molecule has 0 spiro atoms. The third kappa shape index (κ3) is 6.51. The van der Waals surface area contributed by atoms with E-state index in [1.165, 1.54) is 11.0 Å². The van der Waals surface area contributed by atoms with E-state index in [0.717, 1.165) is 0 Å². The summed E-state index contributed by atoms with van der Waals surface area (Å²) in [4.78, 5) is 37.6. The summed E-state index contributed by atoms with van der Waals surface area (Å²) in [6.07, 6.45) is 4.76. The van der Waals surface area contributed by atoms with Crippen LogP contribution < -0.4 is 4.90 Å². The molecule has 41 heavy (non-hydrogen) atoms. The van der Waals surface area contributed by atoms with Crippen molar-refractivity contribution in [2.45, 2.75) is 51.0 Å². The highest BCUT2D eigenvalue weighted by Gasteiger charge is 2.33. The zero-order chi connectivity index (χ0) is 29.1. The molecule has 2 aliphatic heterocycles. The number of cyclic esters (lactones) is 1. The average Bonchev–Trinajstić information content (AvgIpc) is 3.70. The molecular formula is C28H32FN7O5. The number of carboxylic acid groups (broad SMARTS) is 1. The van der Waals surface area contributed by atoms with Crippen molar-refractivity contribution in [3.05, 3.63) is 60.4 Å². The molecule has 3 aromatic rings. The largest absolute Gasteiger partial charge is 0.481 e. The standard InChI is InChI=1S/C28H32FN7O5/c1-17(34(2)3)10-19(27(37)38)11-21-13-26(32-41-21)25-7-4-18(14-30-25)23-6-5-20(12-24(23)29)36-16-22(40-28(36)39)15-35-9-8-31-33-35/h4-9,12,14,17,19,21-22H,10-11,13,15-16H2,1-3H3,(H,37,38)/t17?,19?,21-,22-/m0/s1. The van der Waals surface area contributed by atoms with Crippen LogP contribution in [-0.4, -0.2) is 86.6 Å². The third-order valence-corrected chi connectivity index (χ3v) is 7.51. The maximum atomic E-state index is 15.2. The number of oxime groups is 1. The molecule has 1 amide bonds. The quantitative estimate of drug-likeness (QED) is 0.371. The first-order valence-electron chi connectivity index (χ1n) is 13.4. The lowest BCUT2D eigenvalue weighted by Gasteiger charge is -2.24. The highest BCUT2D eigenvalue weighted by molar-refractivity contribution is 5.99. The Morgan fingerprint density at radius 3 is 2.73 bits per heavy atom. The van der Waals surface area contributed by atoms with Crippen LogP contribution in [0.15, 0.2) is 54.1 Å². The summed E-state index contributed by atoms with van der Waals surface area (Å²) >= 11 is 0. The summed E-state index contributed by atoms with van der Waals surface area (Å²) in [5, 5.41) is 21.4. The van der Waals surface area contributed by atoms with E-state index in [-0.39, 0.29) is 18.7 Å². The van der Waals surface area contributed by atoms with Gasteiger partial charge in [-0.2, -0.15) is 0 Å². The van der Waals surface area contributed by atoms with Crippen LogP contribution in [0, 0.1) is 11.7 Å². The van der Waals surface area contributed by atoms with Gasteiger partial charge in [0.1, 0.15) is 23.7 Å². The minimum atomic E-state index is -0.848. The molecule has 0 radical (unpaired) electrons. The van der Waals surface area contributed by atoms with Crippen LogP contribution in [0.1, 0.15) is 31.9 Å². The third-order valence-electron chi connectivity index (χ3n) is 7.51. The number of halogens is 1. The minimum Gasteiger partial charge on any atom is -0.481 e. The Morgan fingerprint density at radius 1 is 1.24 bits per heavy atom. The van der Waals surface area contributed by atoms with Crippen LogP contribution in [0.2, 0.25) is 0 Å². The zero-order valence-electron chi connectivity index (χ0n) is 23.1. The summed E-state index contributed by atoms with van der Waals surface area (Å²) in [5.41, 5.74) is 2.49. The Labute approximate surface area is 236 Å². The van der Waals surface area contributed by atoms with Crippen molar-refractivity contribution in [2.24, 2.45) is 11.1 Å². The van der Waals surface area contributed by atoms with Gasteiger partial charge >= 0.3 is 12.1 Å². The normalized spacial score (nSPS) is 20.1. The fourth-order valence-electron chi connectivity index (χ4n) is 4.94. The SMILES string of the molecule is CC(CC(C[C@H]1CC(c2ccc(-c3ccc(N4C[C@H](Cn5ccnn5)OC4=O)cc3F)cn2)=NO1)C(=O)O)N(C)C. The molecule has 0 saturated carbocycles. The number of rotatable bonds is 11. The van der Waals surface area contributed by atoms with Gasteiger partial charge in [0.25, 0.3) is 0 Å². The van der Waals surface area contributed by atoms with E-state index in [1.54, 1.807) is 47.5 Å². The van der Waals surface area contributed by atoms with Crippen molar-refractivity contribution in [3.8, 4) is 11.1 Å². The number of hydrogen-bond donors (Lipinski definition) is 1. The molecule has 1 fully saturated rings. The number of ether oxygens (including phenoxy) is 1. The Kier molecular flexibility index (Phi) is 8.24. The fourth-order valence-corrected chi connectivity index (χ4v) is 4.94. The van der Waals surface area contributed by atoms with E-state index >= 15 is 4.39 Å². The van der Waals surface area contributed by atoms with E-state index in [0.29, 0.717) is 54.0 Å². The first-order chi connectivity index (χ1) is 19.7. The predicted molar refractivity (Wildman–Crippen MR) is 147 cm³/mol. The summed E-state index contributed by atoms with van der Waals surface area (Å²) in [6.45, 7) is 2.61. The Balaban J connectivity index is 1.20. The van der Waals surface area contributed by atoms with Crippen LogP contribution in [0.25, 0.3) is 11.1 Å². The number of amides is 1. The van der Waals surface area contributed by atoms with Gasteiger partial charge in [-0.1, -0.05) is 16.4 Å². The van der Waals surface area contributed by atoms with Gasteiger partial charge in [-0.05, 0) is 51.7 Å². The lowest BCUT2D eigenvalue weighted by molar-refractivity contribution is -0.143. The summed E-state index contributed by atoms with van der Waals surface area (Å²) in [7, 11) is 3.85. The molecule has 2 unspecified atom stereocenters. The molecule has 1 aromatic carbocycles. The second-order valence-corrected chi connectivity index (χ2v) is 10.6. The Morgan fingerprint density at radius 2 is 2.07 bits per heavy atom. The summed E-state index contributed by atoms with van der Waals surface area (Å²) < 4.78 is 22.1. The number of benzene rings is 1. The summed E-state index contributed by atoms with van der Waals surface area (Å²) in [5.74, 6) is -1.90. The number of aromatic nitrogens is 4. The molecule has 0 aliphatic carbocycles. The average molecular weight is 566 g/mol. The van der Waals surface area contributed by atoms with Gasteiger partial charge in [0.15, 0.2) is 0 Å². The maximum absolute atomic E-state index is 15.2. The predicted octanol–water partition coefficient (Wildman–Crippen LogP) is 3.43. The molecule has 13 heteroatoms. The fraction of sp³-hybridized carbons (Fsp3) is 0.429. The molecule has 1 N–H and O–H groups in total. The Hall–Kier alpha value is -4.39. The van der Waals surface area contributed by atoms with Crippen molar-refractivity contribution in [1.29, 1.82) is 0 Å². The van der Waals surface area contributed by atoms with Crippen molar-refractivity contribution >= 4 is 23.5 Å². The molecule has 216 valence electrons. The van der Waals surface area contributed by atoms with Crippen LogP contribution in [0.5, 0.6) is 0 Å².